The van der Waals surface area contributed by atoms with Gasteiger partial charge in [0.2, 0.25) is 5.91 Å². The van der Waals surface area contributed by atoms with Gasteiger partial charge in [0.15, 0.2) is 0 Å². The molecular formula is C15H21NO3S. The molecular weight excluding hydrogens is 274 g/mol. The van der Waals surface area contributed by atoms with E-state index >= 15 is 0 Å². The second kappa shape index (κ2) is 6.50. The van der Waals surface area contributed by atoms with Crippen LogP contribution < -0.4 is 5.32 Å². The minimum absolute atomic E-state index is 0.0233. The lowest BCUT2D eigenvalue weighted by atomic mass is 10.1. The molecule has 0 unspecified atom stereocenters. The lowest BCUT2D eigenvalue weighted by Crippen LogP contribution is -2.30. The highest BCUT2D eigenvalue weighted by molar-refractivity contribution is 7.86. The van der Waals surface area contributed by atoms with Crippen LogP contribution in [0.15, 0.2) is 18.2 Å². The topological polar surface area (TPSA) is 55.4 Å². The molecule has 0 bridgehead atoms. The zero-order chi connectivity index (χ0) is 14.7. The fourth-order valence-electron chi connectivity index (χ4n) is 2.54. The van der Waals surface area contributed by atoms with Crippen molar-refractivity contribution in [1.82, 2.24) is 0 Å². The second-order valence-corrected chi connectivity index (χ2v) is 7.01. The normalized spacial score (nSPS) is 23.6. The molecule has 3 atom stereocenters. The number of benzene rings is 1. The predicted octanol–water partition coefficient (Wildman–Crippen LogP) is 2.17. The smallest absolute Gasteiger partial charge is 0.237 e. The van der Waals surface area contributed by atoms with E-state index in [1.165, 1.54) is 0 Å². The van der Waals surface area contributed by atoms with Gasteiger partial charge in [-0.25, -0.2) is 0 Å². The summed E-state index contributed by atoms with van der Waals surface area (Å²) in [6.07, 6.45) is 0.745. The molecule has 1 aliphatic heterocycles. The van der Waals surface area contributed by atoms with Gasteiger partial charge in [-0.1, -0.05) is 6.07 Å². The van der Waals surface area contributed by atoms with Crippen LogP contribution in [-0.2, 0) is 20.3 Å². The van der Waals surface area contributed by atoms with E-state index in [4.69, 9.17) is 4.74 Å². The summed E-state index contributed by atoms with van der Waals surface area (Å²) in [6.45, 7) is 6.52. The molecule has 0 saturated carbocycles. The van der Waals surface area contributed by atoms with Crippen LogP contribution >= 0.6 is 0 Å². The third kappa shape index (κ3) is 3.90. The zero-order valence-electron chi connectivity index (χ0n) is 12.1. The molecule has 0 spiro atoms. The second-order valence-electron chi connectivity index (χ2n) is 5.35. The van der Waals surface area contributed by atoms with E-state index < -0.39 is 10.8 Å². The summed E-state index contributed by atoms with van der Waals surface area (Å²) in [5.74, 6) is -0.168. The summed E-state index contributed by atoms with van der Waals surface area (Å²) in [4.78, 5) is 12.0. The molecule has 0 aliphatic carbocycles. The average molecular weight is 295 g/mol. The molecule has 5 heteroatoms. The number of carbonyl (C=O) groups is 1. The van der Waals surface area contributed by atoms with Gasteiger partial charge in [-0.15, -0.1) is 0 Å². The molecule has 110 valence electrons. The monoisotopic (exact) mass is 295 g/mol. The molecule has 20 heavy (non-hydrogen) atoms. The Morgan fingerprint density at radius 3 is 2.55 bits per heavy atom. The van der Waals surface area contributed by atoms with Gasteiger partial charge in [-0.3, -0.25) is 9.00 Å². The molecule has 0 aromatic heterocycles. The number of amides is 1. The van der Waals surface area contributed by atoms with E-state index in [9.17, 15) is 9.00 Å². The van der Waals surface area contributed by atoms with E-state index in [1.54, 1.807) is 0 Å². The molecule has 4 nitrogen and oxygen atoms in total. The average Bonchev–Trinajstić information content (AvgIpc) is 2.73. The molecule has 1 fully saturated rings. The van der Waals surface area contributed by atoms with Gasteiger partial charge >= 0.3 is 0 Å². The Morgan fingerprint density at radius 1 is 1.35 bits per heavy atom. The van der Waals surface area contributed by atoms with Crippen LogP contribution in [0.3, 0.4) is 0 Å². The summed E-state index contributed by atoms with van der Waals surface area (Å²) >= 11 is 0. The van der Waals surface area contributed by atoms with Crippen LogP contribution in [0.1, 0.15) is 24.5 Å². The highest BCUT2D eigenvalue weighted by Gasteiger charge is 2.30. The van der Waals surface area contributed by atoms with Gasteiger partial charge in [0.05, 0.1) is 11.4 Å². The van der Waals surface area contributed by atoms with Crippen LogP contribution in [0.2, 0.25) is 0 Å². The minimum atomic E-state index is -1.18. The maximum Gasteiger partial charge on any atom is 0.237 e. The first-order valence-corrected chi connectivity index (χ1v) is 8.21. The van der Waals surface area contributed by atoms with E-state index in [-0.39, 0.29) is 23.0 Å². The van der Waals surface area contributed by atoms with Crippen LogP contribution in [-0.4, -0.2) is 33.8 Å². The Balaban J connectivity index is 1.93. The molecule has 1 aromatic rings. The summed E-state index contributed by atoms with van der Waals surface area (Å²) in [5.41, 5.74) is 2.96. The molecule has 1 aromatic carbocycles. The predicted molar refractivity (Wildman–Crippen MR) is 81.4 cm³/mol. The van der Waals surface area contributed by atoms with E-state index in [0.717, 1.165) is 23.2 Å². The van der Waals surface area contributed by atoms with Crippen LogP contribution in [0.25, 0.3) is 0 Å². The maximum absolute atomic E-state index is 12.2. The lowest BCUT2D eigenvalue weighted by molar-refractivity contribution is -0.113. The van der Waals surface area contributed by atoms with Crippen molar-refractivity contribution in [1.29, 1.82) is 0 Å². The van der Waals surface area contributed by atoms with Gasteiger partial charge < -0.3 is 10.1 Å². The number of anilines is 1. The molecule has 1 N–H and O–H groups in total. The van der Waals surface area contributed by atoms with Crippen molar-refractivity contribution >= 4 is 22.4 Å². The number of carbonyl (C=O) groups excluding carboxylic acids is 1. The number of aryl methyl sites for hydroxylation is 2. The fraction of sp³-hybridized carbons (Fsp3) is 0.533. The van der Waals surface area contributed by atoms with E-state index in [0.29, 0.717) is 6.61 Å². The molecule has 1 saturated heterocycles. The number of nitrogens with one attached hydrogen (secondary N) is 1. The largest absolute Gasteiger partial charge is 0.377 e. The van der Waals surface area contributed by atoms with Crippen molar-refractivity contribution in [3.63, 3.8) is 0 Å². The molecule has 0 radical (unpaired) electrons. The first-order chi connectivity index (χ1) is 9.45. The number of ether oxygens (including phenoxy) is 1. The van der Waals surface area contributed by atoms with Gasteiger partial charge in [0, 0.05) is 23.1 Å². The third-order valence-corrected chi connectivity index (χ3v) is 5.26. The highest BCUT2D eigenvalue weighted by Crippen LogP contribution is 2.19. The van der Waals surface area contributed by atoms with Crippen molar-refractivity contribution in [3.8, 4) is 0 Å². The van der Waals surface area contributed by atoms with Crippen molar-refractivity contribution in [3.05, 3.63) is 29.3 Å². The van der Waals surface area contributed by atoms with Crippen molar-refractivity contribution in [2.45, 2.75) is 38.5 Å². The molecule has 2 rings (SSSR count). The van der Waals surface area contributed by atoms with Gasteiger partial charge in [0.1, 0.15) is 5.75 Å². The van der Waals surface area contributed by atoms with Gasteiger partial charge in [-0.05, 0) is 50.5 Å². The van der Waals surface area contributed by atoms with E-state index in [2.05, 4.69) is 5.32 Å². The molecule has 1 aliphatic rings. The van der Waals surface area contributed by atoms with Crippen LogP contribution in [0.5, 0.6) is 0 Å². The first kappa shape index (κ1) is 15.2. The zero-order valence-corrected chi connectivity index (χ0v) is 13.0. The van der Waals surface area contributed by atoms with E-state index in [1.807, 2.05) is 39.0 Å². The minimum Gasteiger partial charge on any atom is -0.377 e. The Hall–Kier alpha value is -1.20. The van der Waals surface area contributed by atoms with Gasteiger partial charge in [-0.2, -0.15) is 0 Å². The maximum atomic E-state index is 12.2. The Kier molecular flexibility index (Phi) is 4.94. The summed E-state index contributed by atoms with van der Waals surface area (Å²) < 4.78 is 17.6. The number of rotatable bonds is 4. The quantitative estimate of drug-likeness (QED) is 0.926. The molecule has 1 heterocycles. The first-order valence-electron chi connectivity index (χ1n) is 6.82. The SMILES string of the molecule is Cc1cc(C)cc(NC(=O)C[S@](=O)[C@@H]2CCO[C@@H]2C)c1. The van der Waals surface area contributed by atoms with Crippen molar-refractivity contribution in [2.24, 2.45) is 0 Å². The Labute approximate surface area is 122 Å². The summed E-state index contributed by atoms with van der Waals surface area (Å²) in [7, 11) is -1.18. The molecule has 1 amide bonds. The lowest BCUT2D eigenvalue weighted by Gasteiger charge is -2.13. The summed E-state index contributed by atoms with van der Waals surface area (Å²) in [5, 5.41) is 2.79. The third-order valence-electron chi connectivity index (χ3n) is 3.42. The van der Waals surface area contributed by atoms with Crippen molar-refractivity contribution in [2.75, 3.05) is 17.7 Å². The Bertz CT molecular complexity index is 510. The number of hydrogen-bond acceptors (Lipinski definition) is 3. The van der Waals surface area contributed by atoms with Crippen LogP contribution in [0.4, 0.5) is 5.69 Å². The Morgan fingerprint density at radius 2 is 2.00 bits per heavy atom. The highest BCUT2D eigenvalue weighted by atomic mass is 32.2. The summed E-state index contributed by atoms with van der Waals surface area (Å²) in [6, 6.07) is 5.87. The van der Waals surface area contributed by atoms with Crippen LogP contribution in [0, 0.1) is 13.8 Å². The fourth-order valence-corrected chi connectivity index (χ4v) is 3.95. The number of hydrogen-bond donors (Lipinski definition) is 1. The standard InChI is InChI=1S/C15H21NO3S/c1-10-6-11(2)8-13(7-10)16-15(17)9-20(18)14-4-5-19-12(14)3/h6-8,12,14H,4-5,9H2,1-3H3,(H,16,17)/t12-,14-,20+/m1/s1. The van der Waals surface area contributed by atoms with Gasteiger partial charge in [0.25, 0.3) is 0 Å². The van der Waals surface area contributed by atoms with Crippen molar-refractivity contribution < 1.29 is 13.7 Å².